The summed E-state index contributed by atoms with van der Waals surface area (Å²) in [6, 6.07) is 0. The predicted octanol–water partition coefficient (Wildman–Crippen LogP) is 2.29. The van der Waals surface area contributed by atoms with Crippen LogP contribution in [0.1, 0.15) is 40.0 Å². The first-order valence-corrected chi connectivity index (χ1v) is 9.16. The third-order valence-corrected chi connectivity index (χ3v) is 6.76. The van der Waals surface area contributed by atoms with Gasteiger partial charge in [-0.05, 0) is 49.5 Å². The second-order valence-electron chi connectivity index (χ2n) is 6.50. The van der Waals surface area contributed by atoms with Crippen LogP contribution in [-0.2, 0) is 10.0 Å². The minimum absolute atomic E-state index is 0.364. The van der Waals surface area contributed by atoms with Crippen LogP contribution < -0.4 is 10.0 Å². The van der Waals surface area contributed by atoms with Crippen molar-refractivity contribution in [3.8, 4) is 0 Å². The maximum Gasteiger partial charge on any atom is 0.219 e. The van der Waals surface area contributed by atoms with E-state index in [2.05, 4.69) is 36.2 Å². The summed E-state index contributed by atoms with van der Waals surface area (Å²) in [7, 11) is -3.39. The molecule has 0 saturated heterocycles. The Balaban J connectivity index is 2.14. The minimum atomic E-state index is -3.39. The van der Waals surface area contributed by atoms with E-state index in [1.54, 1.807) is 12.4 Å². The van der Waals surface area contributed by atoms with Crippen LogP contribution in [0, 0.1) is 0 Å². The molecule has 1 aliphatic carbocycles. The molecule has 1 aliphatic rings. The van der Waals surface area contributed by atoms with Gasteiger partial charge in [0.25, 0.3) is 0 Å². The fourth-order valence-corrected chi connectivity index (χ4v) is 4.76. The van der Waals surface area contributed by atoms with Crippen LogP contribution in [0.5, 0.6) is 0 Å². The lowest BCUT2D eigenvalue weighted by atomic mass is 9.84. The predicted molar refractivity (Wildman–Crippen MR) is 86.6 cm³/mol. The van der Waals surface area contributed by atoms with Gasteiger partial charge in [0.05, 0.1) is 22.6 Å². The molecule has 0 aliphatic heterocycles. The highest BCUT2D eigenvalue weighted by Gasteiger charge is 2.49. The van der Waals surface area contributed by atoms with Gasteiger partial charge in [-0.1, -0.05) is 6.42 Å². The summed E-state index contributed by atoms with van der Waals surface area (Å²) in [5, 5.41) is 10.7. The smallest absolute Gasteiger partial charge is 0.219 e. The van der Waals surface area contributed by atoms with E-state index in [-0.39, 0.29) is 0 Å². The van der Waals surface area contributed by atoms with E-state index >= 15 is 0 Å². The first-order valence-electron chi connectivity index (χ1n) is 6.89. The zero-order valence-electron chi connectivity index (χ0n) is 12.5. The molecular formula is C13H21BrN4O2S. The summed E-state index contributed by atoms with van der Waals surface area (Å²) in [6.07, 6.45) is 5.43. The lowest BCUT2D eigenvalue weighted by Gasteiger charge is -2.42. The normalized spacial score (nSPS) is 18.1. The number of nitrogens with zero attached hydrogens (tertiary/aromatic N) is 2. The van der Waals surface area contributed by atoms with E-state index in [0.717, 1.165) is 16.6 Å². The molecule has 2 rings (SSSR count). The fraction of sp³-hybridized carbons (Fsp3) is 0.692. The second-order valence-corrected chi connectivity index (χ2v) is 9.43. The molecule has 1 aromatic rings. The Kier molecular flexibility index (Phi) is 4.60. The van der Waals surface area contributed by atoms with Crippen molar-refractivity contribution in [1.82, 2.24) is 14.9 Å². The van der Waals surface area contributed by atoms with E-state index < -0.39 is 20.3 Å². The average Bonchev–Trinajstić information content (AvgIpc) is 2.26. The van der Waals surface area contributed by atoms with Gasteiger partial charge in [-0.3, -0.25) is 0 Å². The molecule has 6 nitrogen and oxygen atoms in total. The topological polar surface area (TPSA) is 84.0 Å². The lowest BCUT2D eigenvalue weighted by Crippen LogP contribution is -2.58. The van der Waals surface area contributed by atoms with Crippen LogP contribution in [0.3, 0.4) is 0 Å². The number of hydrogen-bond acceptors (Lipinski definition) is 5. The van der Waals surface area contributed by atoms with Gasteiger partial charge < -0.3 is 5.32 Å². The average molecular weight is 377 g/mol. The number of halogens is 1. The summed E-state index contributed by atoms with van der Waals surface area (Å²) in [6.45, 7) is 5.93. The van der Waals surface area contributed by atoms with Crippen LogP contribution >= 0.6 is 15.9 Å². The van der Waals surface area contributed by atoms with Crippen molar-refractivity contribution in [2.75, 3.05) is 11.9 Å². The molecule has 8 heteroatoms. The van der Waals surface area contributed by atoms with Gasteiger partial charge in [-0.25, -0.2) is 13.1 Å². The molecule has 0 aromatic carbocycles. The Morgan fingerprint density at radius 3 is 2.38 bits per heavy atom. The van der Waals surface area contributed by atoms with Gasteiger partial charge >= 0.3 is 0 Å². The van der Waals surface area contributed by atoms with Gasteiger partial charge in [0.1, 0.15) is 4.75 Å². The molecule has 0 unspecified atom stereocenters. The van der Waals surface area contributed by atoms with Gasteiger partial charge in [-0.2, -0.15) is 10.2 Å². The Hall–Kier alpha value is -0.730. The first-order chi connectivity index (χ1) is 9.65. The molecule has 0 atom stereocenters. The van der Waals surface area contributed by atoms with E-state index in [9.17, 15) is 8.42 Å². The molecule has 0 bridgehead atoms. The quantitative estimate of drug-likeness (QED) is 0.823. The SMILES string of the molecule is CC(C)(C)NS(=O)(=O)C1(CNc2cnncc2Br)CCC1. The Labute approximate surface area is 134 Å². The molecule has 118 valence electrons. The number of sulfonamides is 1. The van der Waals surface area contributed by atoms with Crippen molar-refractivity contribution in [3.63, 3.8) is 0 Å². The molecular weight excluding hydrogens is 356 g/mol. The number of aromatic nitrogens is 2. The van der Waals surface area contributed by atoms with Crippen LogP contribution in [0.4, 0.5) is 5.69 Å². The van der Waals surface area contributed by atoms with Crippen molar-refractivity contribution in [2.24, 2.45) is 0 Å². The van der Waals surface area contributed by atoms with Crippen LogP contribution in [0.25, 0.3) is 0 Å². The summed E-state index contributed by atoms with van der Waals surface area (Å²) < 4.78 is 28.1. The van der Waals surface area contributed by atoms with E-state index in [0.29, 0.717) is 19.4 Å². The third-order valence-electron chi connectivity index (χ3n) is 3.56. The lowest BCUT2D eigenvalue weighted by molar-refractivity contribution is 0.339. The molecule has 1 fully saturated rings. The molecule has 21 heavy (non-hydrogen) atoms. The largest absolute Gasteiger partial charge is 0.381 e. The highest BCUT2D eigenvalue weighted by Crippen LogP contribution is 2.40. The highest BCUT2D eigenvalue weighted by molar-refractivity contribution is 9.10. The molecule has 1 saturated carbocycles. The first kappa shape index (κ1) is 16.6. The second kappa shape index (κ2) is 5.81. The molecule has 1 heterocycles. The monoisotopic (exact) mass is 376 g/mol. The zero-order chi connectivity index (χ0) is 15.7. The van der Waals surface area contributed by atoms with Gasteiger partial charge in [0.2, 0.25) is 10.0 Å². The van der Waals surface area contributed by atoms with Gasteiger partial charge in [0.15, 0.2) is 0 Å². The Bertz CT molecular complexity index is 609. The Morgan fingerprint density at radius 1 is 1.29 bits per heavy atom. The standard InChI is InChI=1S/C13H21BrN4O2S/c1-12(2,3)18-21(19,20)13(5-4-6-13)9-15-11-8-17-16-7-10(11)14/h7-8,18H,4-6,9H2,1-3H3,(H,15,16). The summed E-state index contributed by atoms with van der Waals surface area (Å²) in [5.41, 5.74) is 0.280. The summed E-state index contributed by atoms with van der Waals surface area (Å²) >= 11 is 3.37. The summed E-state index contributed by atoms with van der Waals surface area (Å²) in [5.74, 6) is 0. The molecule has 0 amide bonds. The van der Waals surface area contributed by atoms with E-state index in [1.807, 2.05) is 20.8 Å². The number of anilines is 1. The Morgan fingerprint density at radius 2 is 1.90 bits per heavy atom. The summed E-state index contributed by atoms with van der Waals surface area (Å²) in [4.78, 5) is 0. The maximum absolute atomic E-state index is 12.7. The van der Waals surface area contributed by atoms with Crippen molar-refractivity contribution in [1.29, 1.82) is 0 Å². The highest BCUT2D eigenvalue weighted by atomic mass is 79.9. The van der Waals surface area contributed by atoms with E-state index in [1.165, 1.54) is 0 Å². The van der Waals surface area contributed by atoms with Crippen LogP contribution in [-0.4, -0.2) is 35.4 Å². The molecule has 0 radical (unpaired) electrons. The van der Waals surface area contributed by atoms with Gasteiger partial charge in [0, 0.05) is 12.1 Å². The molecule has 1 aromatic heterocycles. The van der Waals surface area contributed by atoms with Crippen LogP contribution in [0.2, 0.25) is 0 Å². The van der Waals surface area contributed by atoms with Crippen molar-refractivity contribution >= 4 is 31.6 Å². The third kappa shape index (κ3) is 3.73. The van der Waals surface area contributed by atoms with Crippen molar-refractivity contribution in [2.45, 2.75) is 50.3 Å². The van der Waals surface area contributed by atoms with Crippen molar-refractivity contribution < 1.29 is 8.42 Å². The number of nitrogens with one attached hydrogen (secondary N) is 2. The number of hydrogen-bond donors (Lipinski definition) is 2. The van der Waals surface area contributed by atoms with Crippen molar-refractivity contribution in [3.05, 3.63) is 16.9 Å². The molecule has 0 spiro atoms. The minimum Gasteiger partial charge on any atom is -0.381 e. The van der Waals surface area contributed by atoms with E-state index in [4.69, 9.17) is 0 Å². The zero-order valence-corrected chi connectivity index (χ0v) is 14.9. The van der Waals surface area contributed by atoms with Gasteiger partial charge in [-0.15, -0.1) is 0 Å². The fourth-order valence-electron chi connectivity index (χ4n) is 2.32. The molecule has 2 N–H and O–H groups in total. The maximum atomic E-state index is 12.7. The number of rotatable bonds is 5. The van der Waals surface area contributed by atoms with Crippen LogP contribution in [0.15, 0.2) is 16.9 Å².